The molecule has 1 heterocycles. The van der Waals surface area contributed by atoms with Crippen molar-refractivity contribution < 1.29 is 14.6 Å². The van der Waals surface area contributed by atoms with Crippen molar-refractivity contribution in [2.75, 3.05) is 32.6 Å². The standard InChI is InChI=1S/C18H24N2O3S/c1-20(2)12-15(21)13-23-16-7-5-14(6-8-16)19-18(22)10-9-17-4-3-11-24-17/h3-8,11,15,21H,9-10,12-13H2,1-2H3,(H,19,22). The van der Waals surface area contributed by atoms with Crippen LogP contribution in [0.15, 0.2) is 41.8 Å². The van der Waals surface area contributed by atoms with Crippen LogP contribution < -0.4 is 10.1 Å². The van der Waals surface area contributed by atoms with Crippen LogP contribution in [-0.4, -0.2) is 49.3 Å². The molecule has 0 aliphatic heterocycles. The SMILES string of the molecule is CN(C)CC(O)COc1ccc(NC(=O)CCc2cccs2)cc1. The average Bonchev–Trinajstić information content (AvgIpc) is 3.05. The van der Waals surface area contributed by atoms with Crippen molar-refractivity contribution >= 4 is 22.9 Å². The van der Waals surface area contributed by atoms with Gasteiger partial charge in [-0.15, -0.1) is 11.3 Å². The van der Waals surface area contributed by atoms with Crippen LogP contribution in [0.5, 0.6) is 5.75 Å². The van der Waals surface area contributed by atoms with E-state index in [1.54, 1.807) is 35.6 Å². The Morgan fingerprint density at radius 3 is 2.67 bits per heavy atom. The van der Waals surface area contributed by atoms with E-state index in [0.29, 0.717) is 18.7 Å². The minimum Gasteiger partial charge on any atom is -0.491 e. The second-order valence-corrected chi connectivity index (χ2v) is 6.91. The molecule has 2 aromatic rings. The number of aryl methyl sites for hydroxylation is 1. The van der Waals surface area contributed by atoms with Gasteiger partial charge in [0.05, 0.1) is 0 Å². The molecule has 1 aromatic carbocycles. The Morgan fingerprint density at radius 2 is 2.04 bits per heavy atom. The molecule has 0 aliphatic carbocycles. The number of anilines is 1. The zero-order valence-corrected chi connectivity index (χ0v) is 14.9. The lowest BCUT2D eigenvalue weighted by Gasteiger charge is -2.16. The molecular weight excluding hydrogens is 324 g/mol. The Balaban J connectivity index is 1.73. The predicted molar refractivity (Wildman–Crippen MR) is 97.8 cm³/mol. The summed E-state index contributed by atoms with van der Waals surface area (Å²) in [7, 11) is 3.80. The highest BCUT2D eigenvalue weighted by Gasteiger charge is 2.07. The summed E-state index contributed by atoms with van der Waals surface area (Å²) in [4.78, 5) is 15.1. The number of rotatable bonds is 9. The summed E-state index contributed by atoms with van der Waals surface area (Å²) in [5.41, 5.74) is 0.743. The first-order chi connectivity index (χ1) is 11.5. The molecule has 0 bridgehead atoms. The van der Waals surface area contributed by atoms with Gasteiger partial charge in [0.25, 0.3) is 0 Å². The number of likely N-dealkylation sites (N-methyl/N-ethyl adjacent to an activating group) is 1. The maximum absolute atomic E-state index is 11.9. The van der Waals surface area contributed by atoms with Gasteiger partial charge >= 0.3 is 0 Å². The van der Waals surface area contributed by atoms with Gasteiger partial charge in [0, 0.05) is 23.5 Å². The van der Waals surface area contributed by atoms with E-state index in [-0.39, 0.29) is 12.5 Å². The summed E-state index contributed by atoms with van der Waals surface area (Å²) in [6.45, 7) is 0.795. The molecule has 1 aromatic heterocycles. The van der Waals surface area contributed by atoms with Crippen molar-refractivity contribution in [3.8, 4) is 5.75 Å². The average molecular weight is 348 g/mol. The highest BCUT2D eigenvalue weighted by molar-refractivity contribution is 7.09. The molecule has 1 amide bonds. The lowest BCUT2D eigenvalue weighted by atomic mass is 10.2. The van der Waals surface area contributed by atoms with Crippen LogP contribution in [0.1, 0.15) is 11.3 Å². The number of carbonyl (C=O) groups excluding carboxylic acids is 1. The minimum absolute atomic E-state index is 0.00141. The number of amides is 1. The van der Waals surface area contributed by atoms with Gasteiger partial charge in [-0.05, 0) is 56.2 Å². The third-order valence-corrected chi connectivity index (χ3v) is 4.27. The molecule has 0 saturated carbocycles. The Hall–Kier alpha value is -1.89. The summed E-state index contributed by atoms with van der Waals surface area (Å²) >= 11 is 1.66. The van der Waals surface area contributed by atoms with Crippen LogP contribution in [0.4, 0.5) is 5.69 Å². The van der Waals surface area contributed by atoms with Gasteiger partial charge in [0.2, 0.25) is 5.91 Å². The van der Waals surface area contributed by atoms with Crippen LogP contribution in [0, 0.1) is 0 Å². The van der Waals surface area contributed by atoms with Gasteiger partial charge in [0.1, 0.15) is 18.5 Å². The lowest BCUT2D eigenvalue weighted by Crippen LogP contribution is -2.30. The molecule has 0 fully saturated rings. The number of aliphatic hydroxyl groups is 1. The number of benzene rings is 1. The molecule has 1 atom stereocenters. The van der Waals surface area contributed by atoms with E-state index >= 15 is 0 Å². The highest BCUT2D eigenvalue weighted by atomic mass is 32.1. The summed E-state index contributed by atoms with van der Waals surface area (Å²) in [5.74, 6) is 0.669. The number of nitrogens with zero attached hydrogens (tertiary/aromatic N) is 1. The smallest absolute Gasteiger partial charge is 0.224 e. The predicted octanol–water partition coefficient (Wildman–Crippen LogP) is 2.62. The van der Waals surface area contributed by atoms with Gasteiger partial charge in [0.15, 0.2) is 0 Å². The first kappa shape index (κ1) is 18.4. The number of hydrogen-bond acceptors (Lipinski definition) is 5. The number of nitrogens with one attached hydrogen (secondary N) is 1. The van der Waals surface area contributed by atoms with E-state index < -0.39 is 6.10 Å². The summed E-state index contributed by atoms with van der Waals surface area (Å²) in [6, 6.07) is 11.2. The zero-order valence-electron chi connectivity index (χ0n) is 14.1. The van der Waals surface area contributed by atoms with Crippen molar-refractivity contribution in [3.05, 3.63) is 46.7 Å². The van der Waals surface area contributed by atoms with Crippen molar-refractivity contribution in [3.63, 3.8) is 0 Å². The molecular formula is C18H24N2O3S. The van der Waals surface area contributed by atoms with Crippen LogP contribution in [0.25, 0.3) is 0 Å². The second-order valence-electron chi connectivity index (χ2n) is 5.88. The van der Waals surface area contributed by atoms with Crippen molar-refractivity contribution in [2.24, 2.45) is 0 Å². The fourth-order valence-electron chi connectivity index (χ4n) is 2.22. The Bertz CT molecular complexity index is 612. The minimum atomic E-state index is -0.531. The molecule has 0 radical (unpaired) electrons. The van der Waals surface area contributed by atoms with Crippen LogP contribution in [-0.2, 0) is 11.2 Å². The molecule has 24 heavy (non-hydrogen) atoms. The topological polar surface area (TPSA) is 61.8 Å². The Kier molecular flexibility index (Phi) is 7.24. The molecule has 2 rings (SSSR count). The van der Waals surface area contributed by atoms with E-state index in [1.165, 1.54) is 4.88 Å². The maximum Gasteiger partial charge on any atom is 0.224 e. The lowest BCUT2D eigenvalue weighted by molar-refractivity contribution is -0.116. The van der Waals surface area contributed by atoms with E-state index in [2.05, 4.69) is 5.32 Å². The highest BCUT2D eigenvalue weighted by Crippen LogP contribution is 2.17. The van der Waals surface area contributed by atoms with E-state index in [9.17, 15) is 9.90 Å². The summed E-state index contributed by atoms with van der Waals surface area (Å²) in [5, 5.41) is 14.7. The summed E-state index contributed by atoms with van der Waals surface area (Å²) in [6.07, 6.45) is 0.695. The number of aliphatic hydroxyl groups excluding tert-OH is 1. The van der Waals surface area contributed by atoms with Crippen molar-refractivity contribution in [1.82, 2.24) is 4.90 Å². The van der Waals surface area contributed by atoms with E-state index in [1.807, 2.05) is 36.5 Å². The number of ether oxygens (including phenoxy) is 1. The molecule has 5 nitrogen and oxygen atoms in total. The number of carbonyl (C=O) groups is 1. The van der Waals surface area contributed by atoms with Crippen LogP contribution in [0.2, 0.25) is 0 Å². The molecule has 0 saturated heterocycles. The van der Waals surface area contributed by atoms with Gasteiger partial charge in [-0.3, -0.25) is 4.79 Å². The largest absolute Gasteiger partial charge is 0.491 e. The van der Waals surface area contributed by atoms with Gasteiger partial charge in [-0.2, -0.15) is 0 Å². The molecule has 130 valence electrons. The first-order valence-electron chi connectivity index (χ1n) is 7.91. The van der Waals surface area contributed by atoms with E-state index in [4.69, 9.17) is 4.74 Å². The van der Waals surface area contributed by atoms with E-state index in [0.717, 1.165) is 12.1 Å². The number of thiophene rings is 1. The molecule has 0 aliphatic rings. The summed E-state index contributed by atoms with van der Waals surface area (Å²) < 4.78 is 5.54. The Morgan fingerprint density at radius 1 is 1.29 bits per heavy atom. The molecule has 0 spiro atoms. The second kappa shape index (κ2) is 9.42. The van der Waals surface area contributed by atoms with Gasteiger partial charge < -0.3 is 20.1 Å². The molecule has 6 heteroatoms. The van der Waals surface area contributed by atoms with Crippen LogP contribution in [0.3, 0.4) is 0 Å². The first-order valence-corrected chi connectivity index (χ1v) is 8.79. The fourth-order valence-corrected chi connectivity index (χ4v) is 2.93. The quantitative estimate of drug-likeness (QED) is 0.731. The van der Waals surface area contributed by atoms with Crippen LogP contribution >= 0.6 is 11.3 Å². The number of hydrogen-bond donors (Lipinski definition) is 2. The van der Waals surface area contributed by atoms with Gasteiger partial charge in [-0.25, -0.2) is 0 Å². The third-order valence-electron chi connectivity index (χ3n) is 3.33. The monoisotopic (exact) mass is 348 g/mol. The van der Waals surface area contributed by atoms with Crippen molar-refractivity contribution in [1.29, 1.82) is 0 Å². The maximum atomic E-state index is 11.9. The van der Waals surface area contributed by atoms with Crippen molar-refractivity contribution in [2.45, 2.75) is 18.9 Å². The fraction of sp³-hybridized carbons (Fsp3) is 0.389. The normalized spacial score (nSPS) is 12.2. The molecule has 2 N–H and O–H groups in total. The third kappa shape index (κ3) is 6.70. The van der Waals surface area contributed by atoms with Gasteiger partial charge in [-0.1, -0.05) is 6.07 Å². The zero-order chi connectivity index (χ0) is 17.4. The molecule has 1 unspecified atom stereocenters. The Labute approximate surface area is 146 Å².